The number of amides is 2. The standard InChI is InChI=1S/C27H38N2O10/c1-8-9-12-28-26(35)23-21(36-15(5)30)22(37-16(6)31)24(38-17(7)32)27(39-23)29-25(34)19-18(13(2)3)11-10-14(4)20(19)33/h10-11,13,21-24,27,33H,8-9,12H2,1-7H3,(H,28,35)(H,29,34). The zero-order valence-electron chi connectivity index (χ0n) is 23.4. The zero-order valence-corrected chi connectivity index (χ0v) is 23.4. The van der Waals surface area contributed by atoms with Crippen LogP contribution in [0.1, 0.15) is 81.8 Å². The number of carbonyl (C=O) groups excluding carboxylic acids is 5. The van der Waals surface area contributed by atoms with Gasteiger partial charge in [-0.1, -0.05) is 39.3 Å². The third-order valence-electron chi connectivity index (χ3n) is 6.07. The molecule has 0 spiro atoms. The Morgan fingerprint density at radius 3 is 2.05 bits per heavy atom. The Labute approximate surface area is 227 Å². The van der Waals surface area contributed by atoms with E-state index in [1.807, 2.05) is 20.8 Å². The molecule has 5 atom stereocenters. The van der Waals surface area contributed by atoms with E-state index in [0.29, 0.717) is 24.1 Å². The number of unbranched alkanes of at least 4 members (excludes halogenated alkanes) is 1. The number of esters is 3. The van der Waals surface area contributed by atoms with Crippen LogP contribution < -0.4 is 10.6 Å². The van der Waals surface area contributed by atoms with Crippen molar-refractivity contribution in [2.24, 2.45) is 0 Å². The first-order chi connectivity index (χ1) is 18.3. The van der Waals surface area contributed by atoms with E-state index < -0.39 is 60.4 Å². The van der Waals surface area contributed by atoms with Gasteiger partial charge in [-0.25, -0.2) is 0 Å². The van der Waals surface area contributed by atoms with Crippen molar-refractivity contribution in [3.8, 4) is 5.75 Å². The minimum absolute atomic E-state index is 0.0229. The summed E-state index contributed by atoms with van der Waals surface area (Å²) in [4.78, 5) is 62.7. The molecule has 0 aliphatic carbocycles. The number of phenolic OH excluding ortho intramolecular Hbond substituents is 1. The maximum Gasteiger partial charge on any atom is 0.303 e. The first-order valence-electron chi connectivity index (χ1n) is 12.9. The van der Waals surface area contributed by atoms with Gasteiger partial charge in [0, 0.05) is 27.3 Å². The molecule has 0 bridgehead atoms. The van der Waals surface area contributed by atoms with Crippen LogP contribution >= 0.6 is 0 Å². The van der Waals surface area contributed by atoms with Gasteiger partial charge in [-0.15, -0.1) is 0 Å². The van der Waals surface area contributed by atoms with Crippen molar-refractivity contribution < 1.29 is 48.0 Å². The molecule has 12 heteroatoms. The second-order valence-electron chi connectivity index (χ2n) is 9.67. The van der Waals surface area contributed by atoms with Crippen LogP contribution in [0.3, 0.4) is 0 Å². The number of carbonyl (C=O) groups is 5. The number of nitrogens with one attached hydrogen (secondary N) is 2. The van der Waals surface area contributed by atoms with E-state index in [0.717, 1.165) is 27.2 Å². The first kappa shape index (κ1) is 31.5. The van der Waals surface area contributed by atoms with Gasteiger partial charge in [-0.05, 0) is 30.4 Å². The Kier molecular flexibility index (Phi) is 11.3. The summed E-state index contributed by atoms with van der Waals surface area (Å²) in [5.74, 6) is -4.29. The fourth-order valence-electron chi connectivity index (χ4n) is 4.26. The van der Waals surface area contributed by atoms with Crippen molar-refractivity contribution in [3.05, 3.63) is 28.8 Å². The van der Waals surface area contributed by atoms with Crippen molar-refractivity contribution in [1.29, 1.82) is 0 Å². The molecule has 1 aromatic carbocycles. The number of benzene rings is 1. The van der Waals surface area contributed by atoms with E-state index >= 15 is 0 Å². The van der Waals surface area contributed by atoms with Crippen molar-refractivity contribution in [1.82, 2.24) is 10.6 Å². The number of hydrogen-bond donors (Lipinski definition) is 3. The van der Waals surface area contributed by atoms with Crippen LogP contribution in [-0.2, 0) is 38.1 Å². The van der Waals surface area contributed by atoms with Gasteiger partial charge in [0.2, 0.25) is 0 Å². The molecule has 3 N–H and O–H groups in total. The summed E-state index contributed by atoms with van der Waals surface area (Å²) < 4.78 is 22.0. The summed E-state index contributed by atoms with van der Waals surface area (Å²) in [5.41, 5.74) is 0.968. The molecule has 2 amide bonds. The van der Waals surface area contributed by atoms with Crippen LogP contribution in [-0.4, -0.2) is 72.0 Å². The van der Waals surface area contributed by atoms with E-state index in [4.69, 9.17) is 18.9 Å². The summed E-state index contributed by atoms with van der Waals surface area (Å²) >= 11 is 0. The monoisotopic (exact) mass is 550 g/mol. The van der Waals surface area contributed by atoms with Crippen molar-refractivity contribution >= 4 is 29.7 Å². The lowest BCUT2D eigenvalue weighted by atomic mass is 9.93. The fraction of sp³-hybridized carbons (Fsp3) is 0.593. The minimum Gasteiger partial charge on any atom is -0.507 e. The van der Waals surface area contributed by atoms with Crippen LogP contribution in [0.5, 0.6) is 5.75 Å². The highest BCUT2D eigenvalue weighted by molar-refractivity contribution is 5.99. The minimum atomic E-state index is -1.54. The Hall–Kier alpha value is -3.67. The largest absolute Gasteiger partial charge is 0.507 e. The molecular formula is C27H38N2O10. The first-order valence-corrected chi connectivity index (χ1v) is 12.9. The smallest absolute Gasteiger partial charge is 0.303 e. The van der Waals surface area contributed by atoms with Gasteiger partial charge in [-0.2, -0.15) is 0 Å². The Bertz CT molecular complexity index is 1090. The van der Waals surface area contributed by atoms with Gasteiger partial charge in [0.15, 0.2) is 30.6 Å². The molecule has 5 unspecified atom stereocenters. The number of aromatic hydroxyl groups is 1. The fourth-order valence-corrected chi connectivity index (χ4v) is 4.26. The summed E-state index contributed by atoms with van der Waals surface area (Å²) in [5, 5.41) is 16.0. The van der Waals surface area contributed by atoms with Gasteiger partial charge < -0.3 is 34.7 Å². The topological polar surface area (TPSA) is 167 Å². The van der Waals surface area contributed by atoms with Crippen LogP contribution in [0.15, 0.2) is 12.1 Å². The predicted octanol–water partition coefficient (Wildman–Crippen LogP) is 1.99. The van der Waals surface area contributed by atoms with Gasteiger partial charge in [0.1, 0.15) is 5.75 Å². The SMILES string of the molecule is CCCCNC(=O)C1OC(NC(=O)c2c(C(C)C)ccc(C)c2O)C(OC(C)=O)C(OC(C)=O)C1OC(C)=O. The second-order valence-corrected chi connectivity index (χ2v) is 9.67. The van der Waals surface area contributed by atoms with Crippen LogP contribution in [0.2, 0.25) is 0 Å². The highest BCUT2D eigenvalue weighted by atomic mass is 16.7. The van der Waals surface area contributed by atoms with Crippen molar-refractivity contribution in [3.63, 3.8) is 0 Å². The van der Waals surface area contributed by atoms with E-state index in [-0.39, 0.29) is 17.2 Å². The van der Waals surface area contributed by atoms with E-state index in [2.05, 4.69) is 10.6 Å². The molecule has 1 aromatic rings. The average Bonchev–Trinajstić information content (AvgIpc) is 2.83. The number of ether oxygens (including phenoxy) is 4. The normalized spacial score (nSPS) is 22.5. The molecule has 2 rings (SSSR count). The molecule has 12 nitrogen and oxygen atoms in total. The zero-order chi connectivity index (χ0) is 29.4. The van der Waals surface area contributed by atoms with Crippen LogP contribution in [0.25, 0.3) is 0 Å². The van der Waals surface area contributed by atoms with Gasteiger partial charge >= 0.3 is 17.9 Å². The molecule has 1 heterocycles. The number of phenols is 1. The molecule has 216 valence electrons. The van der Waals surface area contributed by atoms with Gasteiger partial charge in [-0.3, -0.25) is 24.0 Å². The van der Waals surface area contributed by atoms with Gasteiger partial charge in [0.05, 0.1) is 5.56 Å². The maximum atomic E-state index is 13.5. The predicted molar refractivity (Wildman–Crippen MR) is 138 cm³/mol. The molecule has 0 radical (unpaired) electrons. The summed E-state index contributed by atoms with van der Waals surface area (Å²) in [6, 6.07) is 3.39. The molecule has 1 saturated heterocycles. The molecule has 39 heavy (non-hydrogen) atoms. The molecule has 1 fully saturated rings. The Balaban J connectivity index is 2.58. The number of rotatable bonds is 10. The maximum absolute atomic E-state index is 13.5. The van der Waals surface area contributed by atoms with Crippen molar-refractivity contribution in [2.45, 2.75) is 97.9 Å². The second kappa shape index (κ2) is 13.9. The van der Waals surface area contributed by atoms with Crippen molar-refractivity contribution in [2.75, 3.05) is 6.54 Å². The molecule has 1 aliphatic rings. The quantitative estimate of drug-likeness (QED) is 0.223. The van der Waals surface area contributed by atoms with E-state index in [9.17, 15) is 29.1 Å². The lowest BCUT2D eigenvalue weighted by molar-refractivity contribution is -0.246. The lowest BCUT2D eigenvalue weighted by Gasteiger charge is -2.44. The van der Waals surface area contributed by atoms with Crippen LogP contribution in [0, 0.1) is 6.92 Å². The summed E-state index contributed by atoms with van der Waals surface area (Å²) in [6.07, 6.45) is -6.13. The lowest BCUT2D eigenvalue weighted by Crippen LogP contribution is -2.68. The Morgan fingerprint density at radius 1 is 0.949 bits per heavy atom. The van der Waals surface area contributed by atoms with E-state index in [1.165, 1.54) is 0 Å². The highest BCUT2D eigenvalue weighted by Crippen LogP contribution is 2.32. The van der Waals surface area contributed by atoms with Crippen LogP contribution in [0.4, 0.5) is 0 Å². The molecular weight excluding hydrogens is 512 g/mol. The molecule has 0 aromatic heterocycles. The molecule has 0 saturated carbocycles. The Morgan fingerprint density at radius 2 is 1.51 bits per heavy atom. The average molecular weight is 551 g/mol. The summed E-state index contributed by atoms with van der Waals surface area (Å²) in [6.45, 7) is 10.8. The number of aryl methyl sites for hydroxylation is 1. The third kappa shape index (κ3) is 8.16. The third-order valence-corrected chi connectivity index (χ3v) is 6.07. The number of hydrogen-bond acceptors (Lipinski definition) is 10. The highest BCUT2D eigenvalue weighted by Gasteiger charge is 2.54. The summed E-state index contributed by atoms with van der Waals surface area (Å²) in [7, 11) is 0. The molecule has 1 aliphatic heterocycles. The van der Waals surface area contributed by atoms with E-state index in [1.54, 1.807) is 19.1 Å². The van der Waals surface area contributed by atoms with Gasteiger partial charge in [0.25, 0.3) is 11.8 Å².